The predicted octanol–water partition coefficient (Wildman–Crippen LogP) is 3.69. The Hall–Kier alpha value is -0.510. The van der Waals surface area contributed by atoms with Gasteiger partial charge in [0.1, 0.15) is 0 Å². The van der Waals surface area contributed by atoms with E-state index in [4.69, 9.17) is 0 Å². The Labute approximate surface area is 132 Å². The minimum absolute atomic E-state index is 0.685. The molecule has 1 N–H and O–H groups in total. The van der Waals surface area contributed by atoms with Crippen LogP contribution in [0.4, 0.5) is 0 Å². The van der Waals surface area contributed by atoms with Crippen LogP contribution in [0.3, 0.4) is 0 Å². The first-order valence-corrected chi connectivity index (χ1v) is 9.58. The molecular weight excluding hydrogens is 276 g/mol. The number of nitrogens with zero attached hydrogens (tertiary/aromatic N) is 1. The molecule has 0 spiro atoms. The van der Waals surface area contributed by atoms with Crippen molar-refractivity contribution in [3.05, 3.63) is 29.8 Å². The molecule has 0 bridgehead atoms. The normalized spacial score (nSPS) is 26.8. The lowest BCUT2D eigenvalue weighted by Crippen LogP contribution is -2.40. The first-order chi connectivity index (χ1) is 10.4. The van der Waals surface area contributed by atoms with Crippen LogP contribution in [0.25, 0.3) is 0 Å². The summed E-state index contributed by atoms with van der Waals surface area (Å²) in [6, 6.07) is 10.7. The lowest BCUT2D eigenvalue weighted by molar-refractivity contribution is 0.137. The zero-order valence-corrected chi connectivity index (χ0v) is 13.6. The van der Waals surface area contributed by atoms with Crippen molar-refractivity contribution < 1.29 is 0 Å². The van der Waals surface area contributed by atoms with E-state index in [0.717, 1.165) is 12.0 Å². The van der Waals surface area contributed by atoms with E-state index in [1.807, 2.05) is 0 Å². The third-order valence-corrected chi connectivity index (χ3v) is 6.39. The maximum Gasteiger partial charge on any atom is 0.0370 e. The monoisotopic (exact) mass is 302 g/mol. The first kappa shape index (κ1) is 14.1. The molecule has 1 unspecified atom stereocenters. The number of benzene rings is 1. The lowest BCUT2D eigenvalue weighted by Gasteiger charge is -2.38. The molecule has 21 heavy (non-hydrogen) atoms. The minimum Gasteiger partial charge on any atom is -0.317 e. The van der Waals surface area contributed by atoms with E-state index in [2.05, 4.69) is 46.2 Å². The Morgan fingerprint density at radius 2 is 1.86 bits per heavy atom. The molecular formula is C18H26N2S. The highest BCUT2D eigenvalue weighted by molar-refractivity contribution is 7.99. The fourth-order valence-corrected chi connectivity index (χ4v) is 5.07. The smallest absolute Gasteiger partial charge is 0.0370 e. The van der Waals surface area contributed by atoms with Crippen LogP contribution >= 0.6 is 11.8 Å². The average Bonchev–Trinajstić information content (AvgIpc) is 3.38. The molecule has 1 atom stereocenters. The molecule has 3 heteroatoms. The van der Waals surface area contributed by atoms with Gasteiger partial charge >= 0.3 is 0 Å². The topological polar surface area (TPSA) is 15.3 Å². The van der Waals surface area contributed by atoms with Crippen LogP contribution in [-0.2, 0) is 0 Å². The van der Waals surface area contributed by atoms with Gasteiger partial charge in [-0.3, -0.25) is 4.90 Å². The van der Waals surface area contributed by atoms with E-state index >= 15 is 0 Å². The van der Waals surface area contributed by atoms with E-state index in [1.165, 1.54) is 62.4 Å². The SMILES string of the molecule is c1ccc2c(c1)SCCC2N(CC1CCNCC1)C1CC1. The summed E-state index contributed by atoms with van der Waals surface area (Å²) in [6.45, 7) is 3.77. The average molecular weight is 302 g/mol. The summed E-state index contributed by atoms with van der Waals surface area (Å²) in [7, 11) is 0. The third-order valence-electron chi connectivity index (χ3n) is 5.27. The quantitative estimate of drug-likeness (QED) is 0.913. The van der Waals surface area contributed by atoms with Crippen LogP contribution in [-0.4, -0.2) is 36.3 Å². The van der Waals surface area contributed by atoms with Gasteiger partial charge in [-0.05, 0) is 68.5 Å². The fourth-order valence-electron chi connectivity index (χ4n) is 3.97. The molecule has 4 rings (SSSR count). The fraction of sp³-hybridized carbons (Fsp3) is 0.667. The van der Waals surface area contributed by atoms with Crippen molar-refractivity contribution in [3.8, 4) is 0 Å². The van der Waals surface area contributed by atoms with E-state index in [1.54, 1.807) is 5.56 Å². The van der Waals surface area contributed by atoms with Gasteiger partial charge in [-0.25, -0.2) is 0 Å². The highest BCUT2D eigenvalue weighted by Crippen LogP contribution is 2.44. The Morgan fingerprint density at radius 1 is 1.05 bits per heavy atom. The van der Waals surface area contributed by atoms with Gasteiger partial charge in [-0.15, -0.1) is 11.8 Å². The van der Waals surface area contributed by atoms with Gasteiger partial charge in [0.2, 0.25) is 0 Å². The van der Waals surface area contributed by atoms with Crippen LogP contribution in [0.1, 0.15) is 43.7 Å². The number of nitrogens with one attached hydrogen (secondary N) is 1. The largest absolute Gasteiger partial charge is 0.317 e. The van der Waals surface area contributed by atoms with Crippen LogP contribution < -0.4 is 5.32 Å². The van der Waals surface area contributed by atoms with Gasteiger partial charge in [0.25, 0.3) is 0 Å². The maximum atomic E-state index is 3.51. The summed E-state index contributed by atoms with van der Waals surface area (Å²) < 4.78 is 0. The van der Waals surface area contributed by atoms with Crippen molar-refractivity contribution in [1.82, 2.24) is 10.2 Å². The molecule has 1 saturated heterocycles. The van der Waals surface area contributed by atoms with Crippen LogP contribution in [0.2, 0.25) is 0 Å². The standard InChI is InChI=1S/C18H26N2S/c1-2-4-18-16(3-1)17(9-12-21-18)20(15-5-6-15)13-14-7-10-19-11-8-14/h1-4,14-15,17,19H,5-13H2. The van der Waals surface area contributed by atoms with Gasteiger partial charge in [0.05, 0.1) is 0 Å². The Kier molecular flexibility index (Phi) is 4.24. The molecule has 2 nitrogen and oxygen atoms in total. The van der Waals surface area contributed by atoms with E-state index in [-0.39, 0.29) is 0 Å². The molecule has 1 aromatic carbocycles. The molecule has 0 radical (unpaired) electrons. The van der Waals surface area contributed by atoms with Crippen molar-refractivity contribution >= 4 is 11.8 Å². The number of fused-ring (bicyclic) bond motifs is 1. The van der Waals surface area contributed by atoms with Gasteiger partial charge < -0.3 is 5.32 Å². The molecule has 3 aliphatic rings. The predicted molar refractivity (Wildman–Crippen MR) is 89.8 cm³/mol. The molecule has 2 aliphatic heterocycles. The highest BCUT2D eigenvalue weighted by atomic mass is 32.2. The van der Waals surface area contributed by atoms with Crippen molar-refractivity contribution in [1.29, 1.82) is 0 Å². The molecule has 114 valence electrons. The summed E-state index contributed by atoms with van der Waals surface area (Å²) in [5, 5.41) is 3.51. The van der Waals surface area contributed by atoms with Crippen molar-refractivity contribution in [2.75, 3.05) is 25.4 Å². The van der Waals surface area contributed by atoms with Crippen LogP contribution in [0.5, 0.6) is 0 Å². The van der Waals surface area contributed by atoms with Crippen LogP contribution in [0, 0.1) is 5.92 Å². The lowest BCUT2D eigenvalue weighted by atomic mass is 9.94. The minimum atomic E-state index is 0.685. The molecule has 1 aliphatic carbocycles. The second kappa shape index (κ2) is 6.31. The molecule has 2 fully saturated rings. The second-order valence-corrected chi connectivity index (χ2v) is 7.95. The second-order valence-electron chi connectivity index (χ2n) is 6.81. The van der Waals surface area contributed by atoms with E-state index in [0.29, 0.717) is 6.04 Å². The summed E-state index contributed by atoms with van der Waals surface area (Å²) in [6.07, 6.45) is 6.93. The zero-order valence-electron chi connectivity index (χ0n) is 12.8. The van der Waals surface area contributed by atoms with Crippen LogP contribution in [0.15, 0.2) is 29.2 Å². The summed E-state index contributed by atoms with van der Waals surface area (Å²) in [5.74, 6) is 2.20. The summed E-state index contributed by atoms with van der Waals surface area (Å²) in [4.78, 5) is 4.42. The Bertz CT molecular complexity index is 480. The Morgan fingerprint density at radius 3 is 2.67 bits per heavy atom. The molecule has 1 aromatic rings. The zero-order chi connectivity index (χ0) is 14.1. The molecule has 0 aromatic heterocycles. The van der Waals surface area contributed by atoms with Crippen molar-refractivity contribution in [3.63, 3.8) is 0 Å². The number of hydrogen-bond acceptors (Lipinski definition) is 3. The first-order valence-electron chi connectivity index (χ1n) is 8.60. The van der Waals surface area contributed by atoms with E-state index < -0.39 is 0 Å². The van der Waals surface area contributed by atoms with Gasteiger partial charge in [-0.2, -0.15) is 0 Å². The van der Waals surface area contributed by atoms with Crippen molar-refractivity contribution in [2.24, 2.45) is 5.92 Å². The Balaban J connectivity index is 1.54. The maximum absolute atomic E-state index is 3.51. The van der Waals surface area contributed by atoms with Gasteiger partial charge in [0.15, 0.2) is 0 Å². The number of thioether (sulfide) groups is 1. The highest BCUT2D eigenvalue weighted by Gasteiger charge is 2.37. The number of rotatable bonds is 4. The third kappa shape index (κ3) is 3.15. The molecule has 0 amide bonds. The summed E-state index contributed by atoms with van der Waals surface area (Å²) in [5.41, 5.74) is 1.61. The van der Waals surface area contributed by atoms with Gasteiger partial charge in [-0.1, -0.05) is 18.2 Å². The van der Waals surface area contributed by atoms with E-state index in [9.17, 15) is 0 Å². The molecule has 1 saturated carbocycles. The summed E-state index contributed by atoms with van der Waals surface area (Å²) >= 11 is 2.05. The number of piperidine rings is 1. The number of hydrogen-bond donors (Lipinski definition) is 1. The molecule has 2 heterocycles. The van der Waals surface area contributed by atoms with Gasteiger partial charge in [0, 0.05) is 23.5 Å². The van der Waals surface area contributed by atoms with Crippen molar-refractivity contribution in [2.45, 2.75) is 49.1 Å².